The van der Waals surface area contributed by atoms with Crippen molar-refractivity contribution in [1.82, 2.24) is 10.8 Å². The van der Waals surface area contributed by atoms with Crippen molar-refractivity contribution in [2.45, 2.75) is 25.9 Å². The molecule has 1 unspecified atom stereocenters. The van der Waals surface area contributed by atoms with Crippen LogP contribution in [0, 0.1) is 0 Å². The molecule has 0 saturated heterocycles. The molecule has 1 aliphatic heterocycles. The Bertz CT molecular complexity index is 428. The highest BCUT2D eigenvalue weighted by Gasteiger charge is 2.18. The van der Waals surface area contributed by atoms with Crippen molar-refractivity contribution in [3.63, 3.8) is 0 Å². The Hall–Kier alpha value is -1.85. The van der Waals surface area contributed by atoms with Crippen molar-refractivity contribution in [3.05, 3.63) is 48.2 Å². The van der Waals surface area contributed by atoms with E-state index in [4.69, 9.17) is 9.94 Å². The number of nitrogens with zero attached hydrogens (tertiary/aromatic N) is 1. The Morgan fingerprint density at radius 3 is 2.70 bits per heavy atom. The highest BCUT2D eigenvalue weighted by atomic mass is 16.7. The second-order valence-electron chi connectivity index (χ2n) is 4.50. The largest absolute Gasteiger partial charge is 0.513 e. The van der Waals surface area contributed by atoms with Gasteiger partial charge < -0.3 is 15.3 Å². The predicted octanol–water partition coefficient (Wildman–Crippen LogP) is 2.70. The summed E-state index contributed by atoms with van der Waals surface area (Å²) in [4.78, 5) is 9.82. The van der Waals surface area contributed by atoms with Crippen molar-refractivity contribution < 1.29 is 9.94 Å². The van der Waals surface area contributed by atoms with Gasteiger partial charge in [0, 0.05) is 6.42 Å². The summed E-state index contributed by atoms with van der Waals surface area (Å²) in [5.74, 6) is 0.962. The van der Waals surface area contributed by atoms with Crippen LogP contribution in [-0.4, -0.2) is 24.6 Å². The maximum atomic E-state index is 7.86. The second-order valence-corrected chi connectivity index (χ2v) is 4.50. The molecule has 0 amide bonds. The van der Waals surface area contributed by atoms with Crippen LogP contribution in [0.25, 0.3) is 0 Å². The van der Waals surface area contributed by atoms with E-state index < -0.39 is 0 Å². The van der Waals surface area contributed by atoms with Gasteiger partial charge in [0.15, 0.2) is 6.17 Å². The molecule has 0 fully saturated rings. The number of aliphatic hydroxyl groups is 1. The monoisotopic (exact) mass is 277 g/mol. The van der Waals surface area contributed by atoms with Crippen molar-refractivity contribution in [2.75, 3.05) is 13.6 Å². The van der Waals surface area contributed by atoms with E-state index in [1.54, 1.807) is 0 Å². The van der Waals surface area contributed by atoms with Crippen molar-refractivity contribution >= 4 is 5.90 Å². The summed E-state index contributed by atoms with van der Waals surface area (Å²) in [5.41, 5.74) is 4.06. The van der Waals surface area contributed by atoms with E-state index in [1.165, 1.54) is 6.92 Å². The van der Waals surface area contributed by atoms with Gasteiger partial charge in [-0.3, -0.25) is 0 Å². The number of nitrogens with one attached hydrogen (secondary N) is 2. The van der Waals surface area contributed by atoms with Crippen LogP contribution in [0.1, 0.15) is 31.5 Å². The predicted molar refractivity (Wildman–Crippen MR) is 81.4 cm³/mol. The average molecular weight is 277 g/mol. The van der Waals surface area contributed by atoms with Gasteiger partial charge in [-0.15, -0.1) is 5.48 Å². The minimum atomic E-state index is -0.0502. The molecule has 20 heavy (non-hydrogen) atoms. The first-order valence-corrected chi connectivity index (χ1v) is 6.66. The molecule has 1 aliphatic rings. The summed E-state index contributed by atoms with van der Waals surface area (Å²) in [7, 11) is 1.95. The van der Waals surface area contributed by atoms with Gasteiger partial charge in [0.25, 0.3) is 0 Å². The highest BCUT2D eigenvalue weighted by Crippen LogP contribution is 2.19. The van der Waals surface area contributed by atoms with Crippen LogP contribution in [0.15, 0.2) is 47.7 Å². The molecule has 3 N–H and O–H groups in total. The van der Waals surface area contributed by atoms with Gasteiger partial charge in [-0.05, 0) is 32.5 Å². The van der Waals surface area contributed by atoms with Crippen LogP contribution in [0.2, 0.25) is 0 Å². The van der Waals surface area contributed by atoms with Crippen molar-refractivity contribution in [1.29, 1.82) is 0 Å². The smallest absolute Gasteiger partial charge is 0.211 e. The first-order chi connectivity index (χ1) is 9.63. The summed E-state index contributed by atoms with van der Waals surface area (Å²) < 4.78 is 0. The van der Waals surface area contributed by atoms with Gasteiger partial charge in [-0.2, -0.15) is 0 Å². The van der Waals surface area contributed by atoms with E-state index in [0.717, 1.165) is 30.8 Å². The number of aliphatic imine (C=N–C) groups is 1. The number of allylic oxidation sites excluding steroid dienone is 1. The lowest BCUT2D eigenvalue weighted by molar-refractivity contribution is 0.175. The standard InChI is InChI=1S/C12H17N3O.C3H6O/c1-13-9-5-8-11-14-12(15-16-11)10-6-3-2-4-7-10;1-3(2)4/h2-4,6-7,12-13,15H,5,8-9H2,1H3;4H,1H2,2H3. The number of hydroxylamine groups is 1. The van der Waals surface area contributed by atoms with Crippen molar-refractivity contribution in [3.8, 4) is 0 Å². The first kappa shape index (κ1) is 16.2. The van der Waals surface area contributed by atoms with Gasteiger partial charge in [0.05, 0.1) is 5.76 Å². The number of hydrogen-bond acceptors (Lipinski definition) is 5. The minimum Gasteiger partial charge on any atom is -0.513 e. The maximum Gasteiger partial charge on any atom is 0.211 e. The topological polar surface area (TPSA) is 65.9 Å². The lowest BCUT2D eigenvalue weighted by Crippen LogP contribution is -2.15. The highest BCUT2D eigenvalue weighted by molar-refractivity contribution is 5.77. The van der Waals surface area contributed by atoms with Crippen LogP contribution in [0.3, 0.4) is 0 Å². The summed E-state index contributed by atoms with van der Waals surface area (Å²) in [6, 6.07) is 10.1. The quantitative estimate of drug-likeness (QED) is 0.572. The summed E-state index contributed by atoms with van der Waals surface area (Å²) in [6.07, 6.45) is 1.86. The second kappa shape index (κ2) is 9.12. The normalized spacial score (nSPS) is 16.7. The third kappa shape index (κ3) is 6.36. The number of rotatable bonds is 5. The summed E-state index contributed by atoms with van der Waals surface area (Å²) in [6.45, 7) is 5.62. The minimum absolute atomic E-state index is 0.0502. The lowest BCUT2D eigenvalue weighted by atomic mass is 10.2. The van der Waals surface area contributed by atoms with Crippen LogP contribution in [-0.2, 0) is 4.84 Å². The fourth-order valence-corrected chi connectivity index (χ4v) is 1.63. The zero-order chi connectivity index (χ0) is 14.8. The van der Waals surface area contributed by atoms with E-state index in [9.17, 15) is 0 Å². The molecule has 1 atom stereocenters. The molecule has 1 heterocycles. The van der Waals surface area contributed by atoms with Gasteiger partial charge >= 0.3 is 0 Å². The van der Waals surface area contributed by atoms with Gasteiger partial charge in [0.1, 0.15) is 0 Å². The maximum absolute atomic E-state index is 7.86. The molecule has 0 saturated carbocycles. The van der Waals surface area contributed by atoms with E-state index in [1.807, 2.05) is 37.4 Å². The molecule has 0 aliphatic carbocycles. The number of hydrogen-bond donors (Lipinski definition) is 3. The SMILES string of the molecule is C=C(C)O.CNCCCC1=NC(c2ccccc2)NO1. The van der Waals surface area contributed by atoms with Gasteiger partial charge in [-0.1, -0.05) is 36.9 Å². The molecule has 1 aromatic carbocycles. The van der Waals surface area contributed by atoms with E-state index in [2.05, 4.69) is 22.4 Å². The third-order valence-corrected chi connectivity index (χ3v) is 2.49. The molecular weight excluding hydrogens is 254 g/mol. The Balaban J connectivity index is 0.000000444. The van der Waals surface area contributed by atoms with E-state index in [-0.39, 0.29) is 11.9 Å². The molecule has 0 bridgehead atoms. The molecule has 5 nitrogen and oxygen atoms in total. The summed E-state index contributed by atoms with van der Waals surface area (Å²) >= 11 is 0. The molecule has 5 heteroatoms. The first-order valence-electron chi connectivity index (χ1n) is 6.66. The molecule has 0 spiro atoms. The molecular formula is C15H23N3O2. The van der Waals surface area contributed by atoms with Crippen LogP contribution in [0.4, 0.5) is 0 Å². The van der Waals surface area contributed by atoms with E-state index >= 15 is 0 Å². The van der Waals surface area contributed by atoms with Crippen LogP contribution in [0.5, 0.6) is 0 Å². The molecule has 1 aromatic rings. The summed E-state index contributed by atoms with van der Waals surface area (Å²) in [5, 5.41) is 11.0. The fourth-order valence-electron chi connectivity index (χ4n) is 1.63. The number of benzene rings is 1. The average Bonchev–Trinajstić information content (AvgIpc) is 2.88. The zero-order valence-electron chi connectivity index (χ0n) is 12.1. The van der Waals surface area contributed by atoms with Crippen LogP contribution >= 0.6 is 0 Å². The van der Waals surface area contributed by atoms with Crippen LogP contribution < -0.4 is 10.8 Å². The van der Waals surface area contributed by atoms with E-state index in [0.29, 0.717) is 0 Å². The number of aliphatic hydroxyl groups excluding tert-OH is 1. The Morgan fingerprint density at radius 1 is 1.45 bits per heavy atom. The Morgan fingerprint density at radius 2 is 2.10 bits per heavy atom. The zero-order valence-corrected chi connectivity index (χ0v) is 12.1. The van der Waals surface area contributed by atoms with Gasteiger partial charge in [-0.25, -0.2) is 4.99 Å². The lowest BCUT2D eigenvalue weighted by Gasteiger charge is -2.04. The molecule has 2 rings (SSSR count). The molecule has 0 aromatic heterocycles. The van der Waals surface area contributed by atoms with Gasteiger partial charge in [0.2, 0.25) is 5.90 Å². The van der Waals surface area contributed by atoms with Crippen molar-refractivity contribution in [2.24, 2.45) is 4.99 Å². The molecule has 110 valence electrons. The third-order valence-electron chi connectivity index (χ3n) is 2.49. The molecule has 0 radical (unpaired) electrons. The Labute approximate surface area is 120 Å². The Kier molecular flexibility index (Phi) is 7.39. The fraction of sp³-hybridized carbons (Fsp3) is 0.400.